The molecule has 0 bridgehead atoms. The van der Waals surface area contributed by atoms with Crippen molar-refractivity contribution < 1.29 is 0 Å². The highest BCUT2D eigenvalue weighted by Crippen LogP contribution is 2.20. The molecule has 1 aliphatic rings. The first-order valence-electron chi connectivity index (χ1n) is 7.63. The molecule has 2 aromatic rings. The number of hydrogen-bond acceptors (Lipinski definition) is 3. The molecule has 1 fully saturated rings. The van der Waals surface area contributed by atoms with Gasteiger partial charge in [-0.25, -0.2) is 4.98 Å². The first-order valence-corrected chi connectivity index (χ1v) is 7.63. The Morgan fingerprint density at radius 3 is 2.85 bits per heavy atom. The lowest BCUT2D eigenvalue weighted by Crippen LogP contribution is -2.29. The molecule has 1 N–H and O–H groups in total. The third kappa shape index (κ3) is 3.10. The van der Waals surface area contributed by atoms with E-state index >= 15 is 0 Å². The van der Waals surface area contributed by atoms with E-state index in [0.717, 1.165) is 12.4 Å². The molecule has 0 aliphatic carbocycles. The standard InChI is InChI=1S/C17H23N3/c1-14(13-20-10-4-5-11-20)12-19-17-16-7-3-2-6-15(16)8-9-18-17/h2-3,6-9,14H,4-5,10-13H2,1H3,(H,18,19). The maximum absolute atomic E-state index is 4.49. The molecule has 1 unspecified atom stereocenters. The lowest BCUT2D eigenvalue weighted by Gasteiger charge is -2.21. The second-order valence-corrected chi connectivity index (χ2v) is 5.87. The Morgan fingerprint density at radius 1 is 1.20 bits per heavy atom. The molecule has 2 heterocycles. The Labute approximate surface area is 121 Å². The summed E-state index contributed by atoms with van der Waals surface area (Å²) in [6.45, 7) is 7.04. The van der Waals surface area contributed by atoms with E-state index in [1.165, 1.54) is 43.2 Å². The van der Waals surface area contributed by atoms with Crippen LogP contribution in [-0.4, -0.2) is 36.1 Å². The molecule has 106 valence electrons. The van der Waals surface area contributed by atoms with Crippen LogP contribution in [-0.2, 0) is 0 Å². The predicted molar refractivity (Wildman–Crippen MR) is 85.1 cm³/mol. The molecule has 0 radical (unpaired) electrons. The number of likely N-dealkylation sites (tertiary alicyclic amines) is 1. The average molecular weight is 269 g/mol. The monoisotopic (exact) mass is 269 g/mol. The predicted octanol–water partition coefficient (Wildman–Crippen LogP) is 3.38. The van der Waals surface area contributed by atoms with E-state index in [2.05, 4.69) is 52.5 Å². The molecule has 0 amide bonds. The fourth-order valence-electron chi connectivity index (χ4n) is 3.00. The van der Waals surface area contributed by atoms with E-state index in [1.54, 1.807) is 0 Å². The molecule has 0 saturated carbocycles. The van der Waals surface area contributed by atoms with Crippen molar-refractivity contribution in [3.8, 4) is 0 Å². The van der Waals surface area contributed by atoms with Gasteiger partial charge >= 0.3 is 0 Å². The maximum atomic E-state index is 4.49. The van der Waals surface area contributed by atoms with Crippen LogP contribution in [0, 0.1) is 5.92 Å². The van der Waals surface area contributed by atoms with Crippen molar-refractivity contribution in [2.75, 3.05) is 31.5 Å². The van der Waals surface area contributed by atoms with Gasteiger partial charge in [0.15, 0.2) is 0 Å². The summed E-state index contributed by atoms with van der Waals surface area (Å²) < 4.78 is 0. The molecule has 3 heteroatoms. The largest absolute Gasteiger partial charge is 0.369 e. The van der Waals surface area contributed by atoms with E-state index < -0.39 is 0 Å². The van der Waals surface area contributed by atoms with Gasteiger partial charge in [-0.15, -0.1) is 0 Å². The molecular weight excluding hydrogens is 246 g/mol. The number of anilines is 1. The Balaban J connectivity index is 1.61. The molecule has 1 atom stereocenters. The molecule has 3 rings (SSSR count). The minimum absolute atomic E-state index is 0.647. The van der Waals surface area contributed by atoms with E-state index in [1.807, 2.05) is 6.20 Å². The number of nitrogens with zero attached hydrogens (tertiary/aromatic N) is 2. The first kappa shape index (κ1) is 13.4. The van der Waals surface area contributed by atoms with Crippen molar-refractivity contribution >= 4 is 16.6 Å². The normalized spacial score (nSPS) is 17.4. The fourth-order valence-corrected chi connectivity index (χ4v) is 3.00. The molecule has 3 nitrogen and oxygen atoms in total. The van der Waals surface area contributed by atoms with Gasteiger partial charge in [0.1, 0.15) is 5.82 Å². The fraction of sp³-hybridized carbons (Fsp3) is 0.471. The minimum Gasteiger partial charge on any atom is -0.369 e. The Morgan fingerprint density at radius 2 is 2.00 bits per heavy atom. The van der Waals surface area contributed by atoms with E-state index in [4.69, 9.17) is 0 Å². The average Bonchev–Trinajstić information content (AvgIpc) is 2.98. The second-order valence-electron chi connectivity index (χ2n) is 5.87. The number of benzene rings is 1. The summed E-state index contributed by atoms with van der Waals surface area (Å²) in [6, 6.07) is 10.5. The van der Waals surface area contributed by atoms with Crippen LogP contribution >= 0.6 is 0 Å². The summed E-state index contributed by atoms with van der Waals surface area (Å²) in [7, 11) is 0. The van der Waals surface area contributed by atoms with Gasteiger partial charge in [-0.3, -0.25) is 0 Å². The van der Waals surface area contributed by atoms with Crippen LogP contribution in [0.25, 0.3) is 10.8 Å². The second kappa shape index (κ2) is 6.23. The highest BCUT2D eigenvalue weighted by Gasteiger charge is 2.14. The first-order chi connectivity index (χ1) is 9.83. The molecular formula is C17H23N3. The van der Waals surface area contributed by atoms with E-state index in [9.17, 15) is 0 Å². The van der Waals surface area contributed by atoms with Crippen molar-refractivity contribution in [3.05, 3.63) is 36.5 Å². The van der Waals surface area contributed by atoms with Crippen LogP contribution in [0.2, 0.25) is 0 Å². The number of aromatic nitrogens is 1. The Bertz CT molecular complexity index is 556. The highest BCUT2D eigenvalue weighted by atomic mass is 15.1. The quantitative estimate of drug-likeness (QED) is 0.902. The summed E-state index contributed by atoms with van der Waals surface area (Å²) in [5.41, 5.74) is 0. The van der Waals surface area contributed by atoms with Gasteiger partial charge in [0.25, 0.3) is 0 Å². The molecule has 1 aromatic carbocycles. The smallest absolute Gasteiger partial charge is 0.133 e. The van der Waals surface area contributed by atoms with E-state index in [-0.39, 0.29) is 0 Å². The zero-order chi connectivity index (χ0) is 13.8. The summed E-state index contributed by atoms with van der Waals surface area (Å²) in [4.78, 5) is 7.06. The molecule has 20 heavy (non-hydrogen) atoms. The number of pyridine rings is 1. The van der Waals surface area contributed by atoms with Crippen LogP contribution in [0.1, 0.15) is 19.8 Å². The number of fused-ring (bicyclic) bond motifs is 1. The van der Waals surface area contributed by atoms with Crippen LogP contribution in [0.3, 0.4) is 0 Å². The molecule has 1 aliphatic heterocycles. The summed E-state index contributed by atoms with van der Waals surface area (Å²) in [5.74, 6) is 1.66. The van der Waals surface area contributed by atoms with Gasteiger partial charge in [0, 0.05) is 24.7 Å². The third-order valence-electron chi connectivity index (χ3n) is 4.06. The van der Waals surface area contributed by atoms with Crippen molar-refractivity contribution in [1.82, 2.24) is 9.88 Å². The lowest BCUT2D eigenvalue weighted by atomic mass is 10.1. The minimum atomic E-state index is 0.647. The Kier molecular flexibility index (Phi) is 4.16. The van der Waals surface area contributed by atoms with Gasteiger partial charge in [-0.1, -0.05) is 31.2 Å². The zero-order valence-corrected chi connectivity index (χ0v) is 12.2. The maximum Gasteiger partial charge on any atom is 0.133 e. The van der Waals surface area contributed by atoms with E-state index in [0.29, 0.717) is 5.92 Å². The SMILES string of the molecule is CC(CNc1nccc2ccccc12)CN1CCCC1. The Hall–Kier alpha value is -1.61. The van der Waals surface area contributed by atoms with Crippen LogP contribution in [0.5, 0.6) is 0 Å². The summed E-state index contributed by atoms with van der Waals surface area (Å²) in [5, 5.41) is 5.98. The number of hydrogen-bond donors (Lipinski definition) is 1. The van der Waals surface area contributed by atoms with Gasteiger partial charge in [0.05, 0.1) is 0 Å². The summed E-state index contributed by atoms with van der Waals surface area (Å²) in [6.07, 6.45) is 4.62. The van der Waals surface area contributed by atoms with Crippen LogP contribution in [0.4, 0.5) is 5.82 Å². The topological polar surface area (TPSA) is 28.2 Å². The lowest BCUT2D eigenvalue weighted by molar-refractivity contribution is 0.294. The summed E-state index contributed by atoms with van der Waals surface area (Å²) >= 11 is 0. The molecule has 1 aromatic heterocycles. The van der Waals surface area contributed by atoms with Crippen molar-refractivity contribution in [2.45, 2.75) is 19.8 Å². The van der Waals surface area contributed by atoms with Crippen molar-refractivity contribution in [2.24, 2.45) is 5.92 Å². The molecule has 1 saturated heterocycles. The van der Waals surface area contributed by atoms with Crippen molar-refractivity contribution in [3.63, 3.8) is 0 Å². The number of rotatable bonds is 5. The van der Waals surface area contributed by atoms with Gasteiger partial charge in [0.2, 0.25) is 0 Å². The van der Waals surface area contributed by atoms with Crippen LogP contribution < -0.4 is 5.32 Å². The third-order valence-corrected chi connectivity index (χ3v) is 4.06. The zero-order valence-electron chi connectivity index (χ0n) is 12.2. The highest BCUT2D eigenvalue weighted by molar-refractivity contribution is 5.91. The van der Waals surface area contributed by atoms with Gasteiger partial charge in [-0.2, -0.15) is 0 Å². The van der Waals surface area contributed by atoms with Gasteiger partial charge < -0.3 is 10.2 Å². The molecule has 0 spiro atoms. The van der Waals surface area contributed by atoms with Crippen LogP contribution in [0.15, 0.2) is 36.5 Å². The van der Waals surface area contributed by atoms with Gasteiger partial charge in [-0.05, 0) is 43.3 Å². The number of nitrogens with one attached hydrogen (secondary N) is 1. The van der Waals surface area contributed by atoms with Crippen molar-refractivity contribution in [1.29, 1.82) is 0 Å².